The molecule has 102 valence electrons. The van der Waals surface area contributed by atoms with Crippen molar-refractivity contribution < 1.29 is 0 Å². The predicted octanol–water partition coefficient (Wildman–Crippen LogP) is 5.67. The Morgan fingerprint density at radius 1 is 1.26 bits per heavy atom. The van der Waals surface area contributed by atoms with E-state index in [2.05, 4.69) is 80.7 Å². The van der Waals surface area contributed by atoms with E-state index in [4.69, 9.17) is 0 Å². The fourth-order valence-corrected chi connectivity index (χ4v) is 3.86. The highest BCUT2D eigenvalue weighted by molar-refractivity contribution is 9.11. The molecular weight excluding hydrogens is 386 g/mol. The van der Waals surface area contributed by atoms with Crippen molar-refractivity contribution in [2.24, 2.45) is 0 Å². The molecule has 0 saturated heterocycles. The van der Waals surface area contributed by atoms with Gasteiger partial charge in [-0.15, -0.1) is 11.3 Å². The molecule has 2 rings (SSSR count). The maximum atomic E-state index is 3.70. The Labute approximate surface area is 135 Å². The van der Waals surface area contributed by atoms with Gasteiger partial charge in [-0.2, -0.15) is 0 Å². The van der Waals surface area contributed by atoms with Gasteiger partial charge in [0.1, 0.15) is 0 Å². The summed E-state index contributed by atoms with van der Waals surface area (Å²) in [4.78, 5) is 1.35. The van der Waals surface area contributed by atoms with Crippen LogP contribution in [0.2, 0.25) is 0 Å². The van der Waals surface area contributed by atoms with Gasteiger partial charge in [-0.1, -0.05) is 44.8 Å². The molecule has 4 heteroatoms. The molecule has 1 nitrogen and oxygen atoms in total. The minimum Gasteiger partial charge on any atom is -0.306 e. The first kappa shape index (κ1) is 15.2. The zero-order valence-electron chi connectivity index (χ0n) is 11.0. The summed E-state index contributed by atoms with van der Waals surface area (Å²) < 4.78 is 2.32. The summed E-state index contributed by atoms with van der Waals surface area (Å²) >= 11 is 9.13. The summed E-state index contributed by atoms with van der Waals surface area (Å²) in [7, 11) is 0. The highest BCUT2D eigenvalue weighted by Gasteiger charge is 2.18. The van der Waals surface area contributed by atoms with Gasteiger partial charge in [0.2, 0.25) is 0 Å². The first-order valence-corrected chi connectivity index (χ1v) is 8.82. The van der Waals surface area contributed by atoms with Crippen LogP contribution in [0.4, 0.5) is 0 Å². The fraction of sp³-hybridized carbons (Fsp3) is 0.333. The molecule has 0 fully saturated rings. The van der Waals surface area contributed by atoms with E-state index in [1.54, 1.807) is 11.3 Å². The second kappa shape index (κ2) is 7.02. The smallest absolute Gasteiger partial charge is 0.0682 e. The van der Waals surface area contributed by atoms with Gasteiger partial charge >= 0.3 is 0 Å². The first-order chi connectivity index (χ1) is 9.13. The van der Waals surface area contributed by atoms with Crippen molar-refractivity contribution in [1.82, 2.24) is 5.32 Å². The molecule has 0 aliphatic rings. The van der Waals surface area contributed by atoms with Crippen LogP contribution in [0.25, 0.3) is 0 Å². The van der Waals surface area contributed by atoms with Crippen molar-refractivity contribution in [2.45, 2.75) is 26.3 Å². The Morgan fingerprint density at radius 3 is 2.68 bits per heavy atom. The molecule has 0 bridgehead atoms. The molecule has 0 amide bonds. The van der Waals surface area contributed by atoms with Gasteiger partial charge in [-0.25, -0.2) is 0 Å². The molecule has 1 unspecified atom stereocenters. The van der Waals surface area contributed by atoms with Crippen LogP contribution in [0.3, 0.4) is 0 Å². The fourth-order valence-electron chi connectivity index (χ4n) is 1.99. The van der Waals surface area contributed by atoms with Crippen LogP contribution in [0, 0.1) is 6.92 Å². The van der Waals surface area contributed by atoms with Gasteiger partial charge in [0, 0.05) is 13.8 Å². The molecule has 1 aromatic heterocycles. The Balaban J connectivity index is 2.40. The second-order valence-corrected chi connectivity index (χ2v) is 7.21. The number of hydrogen-bond acceptors (Lipinski definition) is 2. The lowest BCUT2D eigenvalue weighted by Crippen LogP contribution is -2.22. The molecular formula is C15H17Br2NS. The lowest BCUT2D eigenvalue weighted by molar-refractivity contribution is 0.604. The van der Waals surface area contributed by atoms with Crippen molar-refractivity contribution in [2.75, 3.05) is 6.54 Å². The van der Waals surface area contributed by atoms with Crippen LogP contribution in [0.15, 0.2) is 38.6 Å². The third-order valence-electron chi connectivity index (χ3n) is 3.02. The number of benzene rings is 1. The van der Waals surface area contributed by atoms with Gasteiger partial charge in [0.05, 0.1) is 6.04 Å². The standard InChI is InChI=1S/C15H17Br2NS/c1-3-6-18-15(14-5-4-7-19-14)11-9-12(16)10(2)8-13(11)17/h4-5,7-9,15,18H,3,6H2,1-2H3. The van der Waals surface area contributed by atoms with E-state index in [-0.39, 0.29) is 6.04 Å². The van der Waals surface area contributed by atoms with E-state index in [9.17, 15) is 0 Å². The average Bonchev–Trinajstić information content (AvgIpc) is 2.89. The third-order valence-corrected chi connectivity index (χ3v) is 5.49. The highest BCUT2D eigenvalue weighted by atomic mass is 79.9. The molecule has 1 heterocycles. The van der Waals surface area contributed by atoms with Crippen molar-refractivity contribution in [1.29, 1.82) is 0 Å². The van der Waals surface area contributed by atoms with Gasteiger partial charge < -0.3 is 5.32 Å². The van der Waals surface area contributed by atoms with E-state index in [0.717, 1.165) is 21.9 Å². The van der Waals surface area contributed by atoms with Crippen LogP contribution < -0.4 is 5.32 Å². The summed E-state index contributed by atoms with van der Waals surface area (Å²) in [5.41, 5.74) is 2.53. The average molecular weight is 403 g/mol. The maximum Gasteiger partial charge on any atom is 0.0682 e. The molecule has 0 aliphatic carbocycles. The minimum absolute atomic E-state index is 0.256. The zero-order valence-corrected chi connectivity index (χ0v) is 15.0. The van der Waals surface area contributed by atoms with Crippen LogP contribution in [-0.4, -0.2) is 6.54 Å². The molecule has 2 aromatic rings. The molecule has 0 aliphatic heterocycles. The molecule has 19 heavy (non-hydrogen) atoms. The van der Waals surface area contributed by atoms with Crippen LogP contribution in [0.1, 0.15) is 35.4 Å². The number of thiophene rings is 1. The molecule has 1 N–H and O–H groups in total. The third kappa shape index (κ3) is 3.69. The van der Waals surface area contributed by atoms with Crippen LogP contribution in [0.5, 0.6) is 0 Å². The lowest BCUT2D eigenvalue weighted by Gasteiger charge is -2.20. The van der Waals surface area contributed by atoms with E-state index in [0.29, 0.717) is 0 Å². The van der Waals surface area contributed by atoms with E-state index < -0.39 is 0 Å². The quantitative estimate of drug-likeness (QED) is 0.679. The van der Waals surface area contributed by atoms with Gasteiger partial charge in [-0.3, -0.25) is 0 Å². The summed E-state index contributed by atoms with van der Waals surface area (Å²) in [6, 6.07) is 8.95. The number of rotatable bonds is 5. The first-order valence-electron chi connectivity index (χ1n) is 6.35. The summed E-state index contributed by atoms with van der Waals surface area (Å²) in [6.45, 7) is 5.32. The summed E-state index contributed by atoms with van der Waals surface area (Å²) in [6.07, 6.45) is 1.13. The van der Waals surface area contributed by atoms with Crippen molar-refractivity contribution >= 4 is 43.2 Å². The number of nitrogens with one attached hydrogen (secondary N) is 1. The predicted molar refractivity (Wildman–Crippen MR) is 91.0 cm³/mol. The highest BCUT2D eigenvalue weighted by Crippen LogP contribution is 2.34. The lowest BCUT2D eigenvalue weighted by atomic mass is 10.0. The Bertz CT molecular complexity index is 537. The van der Waals surface area contributed by atoms with E-state index in [1.165, 1.54) is 16.0 Å². The largest absolute Gasteiger partial charge is 0.306 e. The summed E-state index contributed by atoms with van der Waals surface area (Å²) in [5.74, 6) is 0. The molecule has 0 radical (unpaired) electrons. The van der Waals surface area contributed by atoms with Crippen LogP contribution in [-0.2, 0) is 0 Å². The van der Waals surface area contributed by atoms with Gasteiger partial charge in [0.15, 0.2) is 0 Å². The number of halogens is 2. The van der Waals surface area contributed by atoms with Crippen molar-refractivity contribution in [3.05, 3.63) is 54.6 Å². The second-order valence-electron chi connectivity index (χ2n) is 4.53. The minimum atomic E-state index is 0.256. The molecule has 0 spiro atoms. The topological polar surface area (TPSA) is 12.0 Å². The SMILES string of the molecule is CCCNC(c1cccs1)c1cc(Br)c(C)cc1Br. The Morgan fingerprint density at radius 2 is 2.05 bits per heavy atom. The molecule has 0 saturated carbocycles. The van der Waals surface area contributed by atoms with Crippen LogP contribution >= 0.6 is 43.2 Å². The maximum absolute atomic E-state index is 3.70. The van der Waals surface area contributed by atoms with Gasteiger partial charge in [0.25, 0.3) is 0 Å². The normalized spacial score (nSPS) is 12.6. The van der Waals surface area contributed by atoms with E-state index in [1.807, 2.05) is 0 Å². The zero-order chi connectivity index (χ0) is 13.8. The Kier molecular flexibility index (Phi) is 5.63. The summed E-state index contributed by atoms with van der Waals surface area (Å²) in [5, 5.41) is 5.77. The monoisotopic (exact) mass is 401 g/mol. The molecule has 1 aromatic carbocycles. The van der Waals surface area contributed by atoms with Crippen molar-refractivity contribution in [3.63, 3.8) is 0 Å². The van der Waals surface area contributed by atoms with Crippen molar-refractivity contribution in [3.8, 4) is 0 Å². The van der Waals surface area contributed by atoms with E-state index >= 15 is 0 Å². The molecule has 1 atom stereocenters. The number of aryl methyl sites for hydroxylation is 1. The Hall–Kier alpha value is -0.160. The number of hydrogen-bond donors (Lipinski definition) is 1. The van der Waals surface area contributed by atoms with Gasteiger partial charge in [-0.05, 0) is 54.6 Å².